The summed E-state index contributed by atoms with van der Waals surface area (Å²) in [6, 6.07) is 5.91. The van der Waals surface area contributed by atoms with Crippen molar-refractivity contribution in [1.82, 2.24) is 4.98 Å². The lowest BCUT2D eigenvalue weighted by molar-refractivity contribution is 0.587. The predicted molar refractivity (Wildman–Crippen MR) is 85.9 cm³/mol. The van der Waals surface area contributed by atoms with Crippen molar-refractivity contribution in [3.8, 4) is 0 Å². The molecule has 7 heteroatoms. The molecule has 1 aromatic heterocycles. The number of benzene rings is 1. The van der Waals surface area contributed by atoms with E-state index in [1.54, 1.807) is 6.92 Å². The fourth-order valence-corrected chi connectivity index (χ4v) is 6.18. The van der Waals surface area contributed by atoms with Crippen LogP contribution >= 0.6 is 22.9 Å². The van der Waals surface area contributed by atoms with Gasteiger partial charge in [-0.1, -0.05) is 41.1 Å². The molecule has 1 aliphatic rings. The highest BCUT2D eigenvalue weighted by Gasteiger charge is 2.33. The van der Waals surface area contributed by atoms with Gasteiger partial charge in [-0.2, -0.15) is 0 Å². The second-order valence-corrected chi connectivity index (χ2v) is 8.74. The Labute approximate surface area is 133 Å². The second kappa shape index (κ2) is 5.26. The number of hydrogen-bond acceptors (Lipinski definition) is 4. The third-order valence-electron chi connectivity index (χ3n) is 3.63. The fraction of sp³-hybridized carbons (Fsp3) is 0.357. The van der Waals surface area contributed by atoms with Gasteiger partial charge in [0, 0.05) is 6.54 Å². The molecule has 0 saturated heterocycles. The molecule has 0 N–H and O–H groups in total. The zero-order valence-corrected chi connectivity index (χ0v) is 14.1. The SMILES string of the molecule is Cc1cccc2c1N(S(=O)(=O)c1sc(Cl)nc1C)CCC2. The minimum atomic E-state index is -3.60. The molecule has 0 bridgehead atoms. The molecule has 0 radical (unpaired) electrons. The molecular formula is C14H15ClN2O2S2. The van der Waals surface area contributed by atoms with Crippen LogP contribution in [-0.4, -0.2) is 19.9 Å². The van der Waals surface area contributed by atoms with Gasteiger partial charge in [-0.25, -0.2) is 13.4 Å². The van der Waals surface area contributed by atoms with Crippen molar-refractivity contribution < 1.29 is 8.42 Å². The van der Waals surface area contributed by atoms with Gasteiger partial charge in [-0.3, -0.25) is 4.31 Å². The Bertz CT molecular complexity index is 799. The van der Waals surface area contributed by atoms with Gasteiger partial charge >= 0.3 is 0 Å². The maximum absolute atomic E-state index is 13.0. The molecule has 0 amide bonds. The van der Waals surface area contributed by atoms with Crippen molar-refractivity contribution in [3.63, 3.8) is 0 Å². The smallest absolute Gasteiger partial charge is 0.265 e. The first-order chi connectivity index (χ1) is 9.91. The van der Waals surface area contributed by atoms with E-state index in [1.165, 1.54) is 4.31 Å². The topological polar surface area (TPSA) is 50.3 Å². The lowest BCUT2D eigenvalue weighted by Crippen LogP contribution is -2.36. The van der Waals surface area contributed by atoms with E-state index in [4.69, 9.17) is 11.6 Å². The average Bonchev–Trinajstić information content (AvgIpc) is 2.78. The summed E-state index contributed by atoms with van der Waals surface area (Å²) in [5, 5.41) is 0. The van der Waals surface area contributed by atoms with Crippen LogP contribution in [0.5, 0.6) is 0 Å². The molecule has 2 aromatic rings. The fourth-order valence-electron chi connectivity index (χ4n) is 2.73. The van der Waals surface area contributed by atoms with Gasteiger partial charge in [0.15, 0.2) is 8.68 Å². The first-order valence-electron chi connectivity index (χ1n) is 6.65. The van der Waals surface area contributed by atoms with Crippen LogP contribution in [0, 0.1) is 13.8 Å². The van der Waals surface area contributed by atoms with Crippen LogP contribution in [0.15, 0.2) is 22.4 Å². The standard InChI is InChI=1S/C14H15ClN2O2S2/c1-9-5-3-6-11-7-4-8-17(12(9)11)21(18,19)13-10(2)16-14(15)20-13/h3,5-6H,4,7-8H2,1-2H3. The molecular weight excluding hydrogens is 328 g/mol. The number of aryl methyl sites for hydroxylation is 3. The molecule has 0 aliphatic carbocycles. The van der Waals surface area contributed by atoms with Crippen LogP contribution in [0.1, 0.15) is 23.2 Å². The van der Waals surface area contributed by atoms with Gasteiger partial charge in [-0.15, -0.1) is 0 Å². The maximum Gasteiger partial charge on any atom is 0.275 e. The van der Waals surface area contributed by atoms with E-state index in [9.17, 15) is 8.42 Å². The van der Waals surface area contributed by atoms with Gasteiger partial charge in [-0.05, 0) is 37.8 Å². The molecule has 0 atom stereocenters. The minimum absolute atomic E-state index is 0.239. The summed E-state index contributed by atoms with van der Waals surface area (Å²) in [4.78, 5) is 4.03. The third-order valence-corrected chi connectivity index (χ3v) is 7.28. The number of nitrogens with zero attached hydrogens (tertiary/aromatic N) is 2. The van der Waals surface area contributed by atoms with E-state index in [2.05, 4.69) is 4.98 Å². The number of thiazole rings is 1. The Hall–Kier alpha value is -1.11. The van der Waals surface area contributed by atoms with Crippen LogP contribution in [0.25, 0.3) is 0 Å². The van der Waals surface area contributed by atoms with E-state index in [1.807, 2.05) is 25.1 Å². The molecule has 1 aliphatic heterocycles. The number of aromatic nitrogens is 1. The molecule has 0 saturated carbocycles. The average molecular weight is 343 g/mol. The summed E-state index contributed by atoms with van der Waals surface area (Å²) in [5.41, 5.74) is 3.33. The number of hydrogen-bond donors (Lipinski definition) is 0. The van der Waals surface area contributed by atoms with Crippen molar-refractivity contribution >= 4 is 38.6 Å². The highest BCUT2D eigenvalue weighted by Crippen LogP contribution is 2.37. The molecule has 4 nitrogen and oxygen atoms in total. The second-order valence-electron chi connectivity index (χ2n) is 5.10. The van der Waals surface area contributed by atoms with E-state index in [-0.39, 0.29) is 8.68 Å². The van der Waals surface area contributed by atoms with E-state index in [0.29, 0.717) is 12.2 Å². The van der Waals surface area contributed by atoms with Gasteiger partial charge in [0.05, 0.1) is 11.4 Å². The van der Waals surface area contributed by atoms with Crippen LogP contribution < -0.4 is 4.31 Å². The lowest BCUT2D eigenvalue weighted by atomic mass is 10.0. The number of rotatable bonds is 2. The van der Waals surface area contributed by atoms with Crippen molar-refractivity contribution in [2.24, 2.45) is 0 Å². The summed E-state index contributed by atoms with van der Waals surface area (Å²) in [6.07, 6.45) is 1.73. The lowest BCUT2D eigenvalue weighted by Gasteiger charge is -2.31. The zero-order chi connectivity index (χ0) is 15.2. The third kappa shape index (κ3) is 2.45. The largest absolute Gasteiger partial charge is 0.275 e. The van der Waals surface area contributed by atoms with E-state index < -0.39 is 10.0 Å². The highest BCUT2D eigenvalue weighted by atomic mass is 35.5. The Morgan fingerprint density at radius 3 is 2.76 bits per heavy atom. The Morgan fingerprint density at radius 2 is 2.10 bits per heavy atom. The number of anilines is 1. The van der Waals surface area contributed by atoms with E-state index >= 15 is 0 Å². The Morgan fingerprint density at radius 1 is 1.33 bits per heavy atom. The normalized spacial score (nSPS) is 15.1. The van der Waals surface area contributed by atoms with Crippen molar-refractivity contribution in [2.45, 2.75) is 30.9 Å². The van der Waals surface area contributed by atoms with Gasteiger partial charge in [0.1, 0.15) is 0 Å². The molecule has 1 aromatic carbocycles. The number of fused-ring (bicyclic) bond motifs is 1. The minimum Gasteiger partial charge on any atom is -0.265 e. The molecule has 0 spiro atoms. The van der Waals surface area contributed by atoms with Crippen LogP contribution in [0.2, 0.25) is 4.47 Å². The first-order valence-corrected chi connectivity index (χ1v) is 9.29. The molecule has 3 rings (SSSR count). The highest BCUT2D eigenvalue weighted by molar-refractivity contribution is 7.94. The van der Waals surface area contributed by atoms with Crippen molar-refractivity contribution in [3.05, 3.63) is 39.5 Å². The maximum atomic E-state index is 13.0. The van der Waals surface area contributed by atoms with E-state index in [0.717, 1.165) is 41.0 Å². The zero-order valence-electron chi connectivity index (χ0n) is 11.8. The van der Waals surface area contributed by atoms with Gasteiger partial charge in [0.25, 0.3) is 10.0 Å². The first kappa shape index (κ1) is 14.8. The summed E-state index contributed by atoms with van der Waals surface area (Å²) >= 11 is 6.89. The molecule has 0 unspecified atom stereocenters. The Kier molecular flexibility index (Phi) is 3.71. The van der Waals surface area contributed by atoms with Crippen LogP contribution in [0.3, 0.4) is 0 Å². The monoisotopic (exact) mass is 342 g/mol. The molecule has 0 fully saturated rings. The summed E-state index contributed by atoms with van der Waals surface area (Å²) in [7, 11) is -3.60. The quantitative estimate of drug-likeness (QED) is 0.838. The summed E-state index contributed by atoms with van der Waals surface area (Å²) in [6.45, 7) is 4.12. The number of halogens is 1. The van der Waals surface area contributed by atoms with Gasteiger partial charge < -0.3 is 0 Å². The molecule has 2 heterocycles. The summed E-state index contributed by atoms with van der Waals surface area (Å²) < 4.78 is 28.0. The van der Waals surface area contributed by atoms with Crippen LogP contribution in [-0.2, 0) is 16.4 Å². The van der Waals surface area contributed by atoms with Crippen molar-refractivity contribution in [1.29, 1.82) is 0 Å². The number of sulfonamides is 1. The van der Waals surface area contributed by atoms with Crippen molar-refractivity contribution in [2.75, 3.05) is 10.8 Å². The predicted octanol–water partition coefficient (Wildman–Crippen LogP) is 3.55. The Balaban J connectivity index is 2.16. The summed E-state index contributed by atoms with van der Waals surface area (Å²) in [5.74, 6) is 0. The number of para-hydroxylation sites is 1. The molecule has 112 valence electrons. The van der Waals surface area contributed by atoms with Crippen LogP contribution in [0.4, 0.5) is 5.69 Å². The molecule has 21 heavy (non-hydrogen) atoms. The van der Waals surface area contributed by atoms with Gasteiger partial charge in [0.2, 0.25) is 0 Å².